The van der Waals surface area contributed by atoms with Crippen LogP contribution in [-0.2, 0) is 19.1 Å². The summed E-state index contributed by atoms with van der Waals surface area (Å²) in [5.74, 6) is -0.833. The van der Waals surface area contributed by atoms with E-state index in [1.807, 2.05) is 36.4 Å². The molecule has 0 bridgehead atoms. The molecular weight excluding hydrogens is 244 g/mol. The topological polar surface area (TPSA) is 52.6 Å². The third-order valence-electron chi connectivity index (χ3n) is 2.75. The average Bonchev–Trinajstić information content (AvgIpc) is 2.37. The number of benzene rings is 1. The van der Waals surface area contributed by atoms with Crippen molar-refractivity contribution in [2.75, 3.05) is 0 Å². The number of Topliss-reactive ketones (excluding diaryl/α,β-unsaturated/α-hetero) is 1. The molecule has 1 fully saturated rings. The van der Waals surface area contributed by atoms with E-state index in [1.165, 1.54) is 0 Å². The molecule has 0 N–H and O–H groups in total. The monoisotopic (exact) mass is 260 g/mol. The Morgan fingerprint density at radius 3 is 2.63 bits per heavy atom. The minimum atomic E-state index is -0.914. The largest absolute Gasteiger partial charge is 0.467 e. The van der Waals surface area contributed by atoms with Crippen LogP contribution in [0.3, 0.4) is 0 Å². The van der Waals surface area contributed by atoms with Crippen molar-refractivity contribution in [3.05, 3.63) is 41.7 Å². The molecule has 19 heavy (non-hydrogen) atoms. The standard InChI is InChI=1S/C15H16O4/c1-15(2)18-12(8-11-6-4-3-5-7-11)9-14(19-15)13(17)10-16/h3-8,10,14H,9H2,1-2H3. The van der Waals surface area contributed by atoms with E-state index in [2.05, 4.69) is 0 Å². The number of aldehydes is 1. The van der Waals surface area contributed by atoms with Crippen molar-refractivity contribution in [2.45, 2.75) is 32.2 Å². The summed E-state index contributed by atoms with van der Waals surface area (Å²) in [5, 5.41) is 0. The summed E-state index contributed by atoms with van der Waals surface area (Å²) in [6, 6.07) is 9.65. The lowest BCUT2D eigenvalue weighted by Gasteiger charge is -2.36. The lowest BCUT2D eigenvalue weighted by atomic mass is 10.1. The Morgan fingerprint density at radius 1 is 1.32 bits per heavy atom. The first-order valence-electron chi connectivity index (χ1n) is 6.12. The van der Waals surface area contributed by atoms with Gasteiger partial charge >= 0.3 is 0 Å². The fourth-order valence-electron chi connectivity index (χ4n) is 2.01. The zero-order valence-corrected chi connectivity index (χ0v) is 11.0. The van der Waals surface area contributed by atoms with Crippen LogP contribution in [0.15, 0.2) is 36.1 Å². The van der Waals surface area contributed by atoms with Crippen molar-refractivity contribution in [3.8, 4) is 0 Å². The summed E-state index contributed by atoms with van der Waals surface area (Å²) in [4.78, 5) is 22.1. The Bertz CT molecular complexity index is 502. The molecule has 100 valence electrons. The Labute approximate surface area is 112 Å². The van der Waals surface area contributed by atoms with Gasteiger partial charge < -0.3 is 9.47 Å². The first-order chi connectivity index (χ1) is 9.00. The van der Waals surface area contributed by atoms with Crippen molar-refractivity contribution < 1.29 is 19.1 Å². The fraction of sp³-hybridized carbons (Fsp3) is 0.333. The van der Waals surface area contributed by atoms with Gasteiger partial charge in [0.05, 0.1) is 0 Å². The van der Waals surface area contributed by atoms with Gasteiger partial charge in [0.1, 0.15) is 11.9 Å². The highest BCUT2D eigenvalue weighted by molar-refractivity contribution is 6.27. The van der Waals surface area contributed by atoms with Crippen LogP contribution >= 0.6 is 0 Å². The first-order valence-corrected chi connectivity index (χ1v) is 6.12. The quantitative estimate of drug-likeness (QED) is 0.618. The Kier molecular flexibility index (Phi) is 3.81. The number of ether oxygens (including phenoxy) is 2. The highest BCUT2D eigenvalue weighted by Gasteiger charge is 2.36. The van der Waals surface area contributed by atoms with Crippen LogP contribution in [0.5, 0.6) is 0 Å². The van der Waals surface area contributed by atoms with Gasteiger partial charge in [-0.1, -0.05) is 30.3 Å². The van der Waals surface area contributed by atoms with Gasteiger partial charge in [-0.2, -0.15) is 0 Å². The van der Waals surface area contributed by atoms with Crippen LogP contribution in [0.25, 0.3) is 6.08 Å². The second-order valence-electron chi connectivity index (χ2n) is 4.85. The van der Waals surface area contributed by atoms with Crippen LogP contribution in [-0.4, -0.2) is 24.0 Å². The SMILES string of the molecule is CC1(C)OC(=Cc2ccccc2)CC(C(=O)C=O)O1. The first kappa shape index (κ1) is 13.5. The number of carbonyl (C=O) groups excluding carboxylic acids is 2. The second kappa shape index (κ2) is 5.36. The number of ketones is 1. The molecule has 0 amide bonds. The number of carbonyl (C=O) groups is 2. The van der Waals surface area contributed by atoms with Crippen LogP contribution in [0.1, 0.15) is 25.8 Å². The van der Waals surface area contributed by atoms with E-state index in [9.17, 15) is 9.59 Å². The van der Waals surface area contributed by atoms with Gasteiger partial charge in [0, 0.05) is 20.3 Å². The molecule has 1 unspecified atom stereocenters. The van der Waals surface area contributed by atoms with E-state index < -0.39 is 17.7 Å². The number of rotatable bonds is 3. The summed E-state index contributed by atoms with van der Waals surface area (Å²) in [6.07, 6.45) is 1.66. The third kappa shape index (κ3) is 3.51. The minimum absolute atomic E-state index is 0.274. The van der Waals surface area contributed by atoms with Crippen molar-refractivity contribution in [1.82, 2.24) is 0 Å². The molecule has 0 aliphatic carbocycles. The molecule has 1 aromatic carbocycles. The molecule has 0 saturated carbocycles. The predicted octanol–water partition coefficient (Wildman–Crippen LogP) is 2.34. The van der Waals surface area contributed by atoms with Gasteiger partial charge in [0.15, 0.2) is 6.29 Å². The Balaban J connectivity index is 2.23. The van der Waals surface area contributed by atoms with Gasteiger partial charge in [-0.15, -0.1) is 0 Å². The summed E-state index contributed by atoms with van der Waals surface area (Å²) in [6.45, 7) is 3.44. The van der Waals surface area contributed by atoms with Crippen LogP contribution in [0.2, 0.25) is 0 Å². The molecule has 0 radical (unpaired) electrons. The van der Waals surface area contributed by atoms with E-state index in [0.29, 0.717) is 12.0 Å². The molecule has 4 nitrogen and oxygen atoms in total. The van der Waals surface area contributed by atoms with Gasteiger partial charge in [0.2, 0.25) is 11.6 Å². The van der Waals surface area contributed by atoms with E-state index in [0.717, 1.165) is 5.56 Å². The molecular formula is C15H16O4. The van der Waals surface area contributed by atoms with Crippen molar-refractivity contribution in [3.63, 3.8) is 0 Å². The van der Waals surface area contributed by atoms with E-state index in [-0.39, 0.29) is 6.42 Å². The summed E-state index contributed by atoms with van der Waals surface area (Å²) in [5.41, 5.74) is 0.979. The molecule has 1 aliphatic heterocycles. The minimum Gasteiger partial charge on any atom is -0.467 e. The van der Waals surface area contributed by atoms with Gasteiger partial charge in [0.25, 0.3) is 0 Å². The molecule has 4 heteroatoms. The molecule has 2 rings (SSSR count). The Morgan fingerprint density at radius 2 is 2.00 bits per heavy atom. The van der Waals surface area contributed by atoms with E-state index >= 15 is 0 Å². The van der Waals surface area contributed by atoms with Gasteiger partial charge in [-0.05, 0) is 11.6 Å². The molecule has 1 atom stereocenters. The maximum Gasteiger partial charge on any atom is 0.224 e. The van der Waals surface area contributed by atoms with Crippen LogP contribution in [0, 0.1) is 0 Å². The number of hydrogen-bond acceptors (Lipinski definition) is 4. The molecule has 1 aliphatic rings. The van der Waals surface area contributed by atoms with Crippen LogP contribution in [0.4, 0.5) is 0 Å². The Hall–Kier alpha value is -1.94. The van der Waals surface area contributed by atoms with Crippen molar-refractivity contribution in [2.24, 2.45) is 0 Å². The summed E-state index contributed by atoms with van der Waals surface area (Å²) in [7, 11) is 0. The molecule has 1 heterocycles. The van der Waals surface area contributed by atoms with Crippen molar-refractivity contribution in [1.29, 1.82) is 0 Å². The lowest BCUT2D eigenvalue weighted by Crippen LogP contribution is -2.42. The molecule has 0 aromatic heterocycles. The smallest absolute Gasteiger partial charge is 0.224 e. The molecule has 0 spiro atoms. The van der Waals surface area contributed by atoms with Crippen molar-refractivity contribution >= 4 is 18.1 Å². The predicted molar refractivity (Wildman–Crippen MR) is 70.1 cm³/mol. The normalized spacial score (nSPS) is 23.7. The zero-order valence-electron chi connectivity index (χ0n) is 11.0. The lowest BCUT2D eigenvalue weighted by molar-refractivity contribution is -0.241. The fourth-order valence-corrected chi connectivity index (χ4v) is 2.01. The van der Waals surface area contributed by atoms with Crippen LogP contribution < -0.4 is 0 Å². The average molecular weight is 260 g/mol. The zero-order chi connectivity index (χ0) is 13.9. The highest BCUT2D eigenvalue weighted by Crippen LogP contribution is 2.30. The summed E-state index contributed by atoms with van der Waals surface area (Å²) >= 11 is 0. The second-order valence-corrected chi connectivity index (χ2v) is 4.85. The third-order valence-corrected chi connectivity index (χ3v) is 2.75. The maximum atomic E-state index is 11.5. The van der Waals surface area contributed by atoms with Gasteiger partial charge in [-0.25, -0.2) is 0 Å². The van der Waals surface area contributed by atoms with E-state index in [1.54, 1.807) is 13.8 Å². The molecule has 1 saturated heterocycles. The summed E-state index contributed by atoms with van der Waals surface area (Å²) < 4.78 is 11.1. The molecule has 1 aromatic rings. The number of hydrogen-bond donors (Lipinski definition) is 0. The van der Waals surface area contributed by atoms with E-state index in [4.69, 9.17) is 9.47 Å². The maximum absolute atomic E-state index is 11.5. The highest BCUT2D eigenvalue weighted by atomic mass is 16.7. The van der Waals surface area contributed by atoms with Gasteiger partial charge in [-0.3, -0.25) is 9.59 Å².